The van der Waals surface area contributed by atoms with Gasteiger partial charge < -0.3 is 9.73 Å². The van der Waals surface area contributed by atoms with Gasteiger partial charge in [0.25, 0.3) is 5.91 Å². The lowest BCUT2D eigenvalue weighted by Gasteiger charge is -2.10. The van der Waals surface area contributed by atoms with Crippen molar-refractivity contribution in [2.75, 3.05) is 5.32 Å². The van der Waals surface area contributed by atoms with Gasteiger partial charge in [0, 0.05) is 16.3 Å². The van der Waals surface area contributed by atoms with E-state index in [9.17, 15) is 9.18 Å². The molecule has 0 aliphatic heterocycles. The number of benzene rings is 3. The van der Waals surface area contributed by atoms with Gasteiger partial charge in [-0.3, -0.25) is 10.1 Å². The average molecular weight is 460 g/mol. The smallest absolute Gasteiger partial charge is 0.258 e. The van der Waals surface area contributed by atoms with E-state index in [-0.39, 0.29) is 21.5 Å². The van der Waals surface area contributed by atoms with Crippen LogP contribution in [0.2, 0.25) is 10.0 Å². The van der Waals surface area contributed by atoms with Gasteiger partial charge >= 0.3 is 0 Å². The number of anilines is 1. The lowest BCUT2D eigenvalue weighted by molar-refractivity contribution is 0.0978. The number of thiocarbonyl (C=S) groups is 1. The minimum Gasteiger partial charge on any atom is -0.436 e. The molecule has 30 heavy (non-hydrogen) atoms. The Balaban J connectivity index is 1.49. The third kappa shape index (κ3) is 4.43. The van der Waals surface area contributed by atoms with Crippen LogP contribution in [0.4, 0.5) is 10.1 Å². The van der Waals surface area contributed by atoms with Gasteiger partial charge in [0.15, 0.2) is 10.7 Å². The Morgan fingerprint density at radius 1 is 1.07 bits per heavy atom. The number of amides is 1. The number of hydrogen-bond donors (Lipinski definition) is 2. The zero-order valence-corrected chi connectivity index (χ0v) is 17.4. The molecule has 0 fully saturated rings. The summed E-state index contributed by atoms with van der Waals surface area (Å²) in [6.07, 6.45) is 0. The average Bonchev–Trinajstić information content (AvgIpc) is 3.11. The summed E-state index contributed by atoms with van der Waals surface area (Å²) in [5, 5.41) is 6.20. The first-order chi connectivity index (χ1) is 14.4. The van der Waals surface area contributed by atoms with Crippen molar-refractivity contribution < 1.29 is 13.6 Å². The molecule has 0 spiro atoms. The van der Waals surface area contributed by atoms with Crippen molar-refractivity contribution in [1.29, 1.82) is 0 Å². The van der Waals surface area contributed by atoms with Crippen LogP contribution >= 0.6 is 35.4 Å². The van der Waals surface area contributed by atoms with Crippen LogP contribution in [0.15, 0.2) is 65.1 Å². The van der Waals surface area contributed by atoms with Crippen LogP contribution in [0.3, 0.4) is 0 Å². The molecule has 0 radical (unpaired) electrons. The van der Waals surface area contributed by atoms with Crippen molar-refractivity contribution in [1.82, 2.24) is 10.3 Å². The largest absolute Gasteiger partial charge is 0.436 e. The molecule has 0 unspecified atom stereocenters. The van der Waals surface area contributed by atoms with Crippen LogP contribution in [0.5, 0.6) is 0 Å². The van der Waals surface area contributed by atoms with Gasteiger partial charge in [-0.15, -0.1) is 0 Å². The number of nitrogens with zero attached hydrogens (tertiary/aromatic N) is 1. The van der Waals surface area contributed by atoms with Crippen molar-refractivity contribution in [2.45, 2.75) is 0 Å². The van der Waals surface area contributed by atoms with Gasteiger partial charge in [-0.25, -0.2) is 9.37 Å². The van der Waals surface area contributed by atoms with Gasteiger partial charge in [-0.05, 0) is 66.8 Å². The molecule has 3 aromatic carbocycles. The quantitative estimate of drug-likeness (QED) is 0.364. The fourth-order valence-corrected chi connectivity index (χ4v) is 3.46. The highest BCUT2D eigenvalue weighted by Crippen LogP contribution is 2.26. The van der Waals surface area contributed by atoms with Crippen LogP contribution in [-0.4, -0.2) is 16.0 Å². The summed E-state index contributed by atoms with van der Waals surface area (Å²) < 4.78 is 19.1. The van der Waals surface area contributed by atoms with Gasteiger partial charge in [0.1, 0.15) is 11.3 Å². The molecule has 4 rings (SSSR count). The molecule has 150 valence electrons. The summed E-state index contributed by atoms with van der Waals surface area (Å²) in [7, 11) is 0. The SMILES string of the molecule is O=C(NC(=S)Nc1ccc2oc(-c3cccc(F)c3)nc2c1)c1ccc(Cl)cc1Cl. The topological polar surface area (TPSA) is 67.2 Å². The van der Waals surface area contributed by atoms with Crippen molar-refractivity contribution in [2.24, 2.45) is 0 Å². The summed E-state index contributed by atoms with van der Waals surface area (Å²) in [5.74, 6) is -0.543. The second-order valence-electron chi connectivity index (χ2n) is 6.24. The zero-order valence-electron chi connectivity index (χ0n) is 15.1. The lowest BCUT2D eigenvalue weighted by atomic mass is 10.2. The lowest BCUT2D eigenvalue weighted by Crippen LogP contribution is -2.34. The fraction of sp³-hybridized carbons (Fsp3) is 0. The molecular formula is C21H12Cl2FN3O2S. The van der Waals surface area contributed by atoms with Crippen molar-refractivity contribution in [3.05, 3.63) is 82.1 Å². The number of fused-ring (bicyclic) bond motifs is 1. The summed E-state index contributed by atoms with van der Waals surface area (Å²) in [4.78, 5) is 16.7. The Labute approximate surface area is 185 Å². The predicted molar refractivity (Wildman–Crippen MR) is 120 cm³/mol. The number of nitrogens with one attached hydrogen (secondary N) is 2. The molecule has 2 N–H and O–H groups in total. The van der Waals surface area contributed by atoms with Gasteiger partial charge in [0.05, 0.1) is 10.6 Å². The van der Waals surface area contributed by atoms with E-state index in [0.29, 0.717) is 33.3 Å². The Morgan fingerprint density at radius 2 is 1.90 bits per heavy atom. The van der Waals surface area contributed by atoms with E-state index in [1.807, 2.05) is 0 Å². The second-order valence-corrected chi connectivity index (χ2v) is 7.50. The van der Waals surface area contributed by atoms with Crippen LogP contribution in [0.1, 0.15) is 10.4 Å². The van der Waals surface area contributed by atoms with Crippen molar-refractivity contribution >= 4 is 63.2 Å². The normalized spacial score (nSPS) is 10.8. The molecule has 1 heterocycles. The highest BCUT2D eigenvalue weighted by atomic mass is 35.5. The Hall–Kier alpha value is -3.00. The molecule has 0 aliphatic carbocycles. The number of rotatable bonds is 3. The van der Waals surface area contributed by atoms with E-state index < -0.39 is 5.91 Å². The Kier molecular flexibility index (Phi) is 5.67. The van der Waals surface area contributed by atoms with E-state index in [1.165, 1.54) is 24.3 Å². The van der Waals surface area contributed by atoms with Crippen LogP contribution < -0.4 is 10.6 Å². The predicted octanol–water partition coefficient (Wildman–Crippen LogP) is 6.07. The van der Waals surface area contributed by atoms with Gasteiger partial charge in [0.2, 0.25) is 5.89 Å². The van der Waals surface area contributed by atoms with Crippen molar-refractivity contribution in [3.63, 3.8) is 0 Å². The molecule has 4 aromatic rings. The Bertz CT molecular complexity index is 1290. The summed E-state index contributed by atoms with van der Waals surface area (Å²) in [5.41, 5.74) is 2.45. The third-order valence-electron chi connectivity index (χ3n) is 4.12. The number of carbonyl (C=O) groups is 1. The maximum absolute atomic E-state index is 13.4. The minimum absolute atomic E-state index is 0.0826. The van der Waals surface area contributed by atoms with E-state index in [0.717, 1.165) is 0 Å². The second kappa shape index (κ2) is 8.39. The summed E-state index contributed by atoms with van der Waals surface area (Å²) in [6, 6.07) is 15.7. The van der Waals surface area contributed by atoms with Gasteiger partial charge in [-0.2, -0.15) is 0 Å². The van der Waals surface area contributed by atoms with Crippen LogP contribution in [-0.2, 0) is 0 Å². The highest BCUT2D eigenvalue weighted by Gasteiger charge is 2.13. The number of halogens is 3. The molecule has 0 atom stereocenters. The van der Waals surface area contributed by atoms with E-state index in [4.69, 9.17) is 39.8 Å². The summed E-state index contributed by atoms with van der Waals surface area (Å²) >= 11 is 17.1. The maximum Gasteiger partial charge on any atom is 0.258 e. The Morgan fingerprint density at radius 3 is 2.67 bits per heavy atom. The number of hydrogen-bond acceptors (Lipinski definition) is 4. The maximum atomic E-state index is 13.4. The van der Waals surface area contributed by atoms with Gasteiger partial charge in [-0.1, -0.05) is 29.3 Å². The first kappa shape index (κ1) is 20.3. The highest BCUT2D eigenvalue weighted by molar-refractivity contribution is 7.80. The van der Waals surface area contributed by atoms with E-state index in [1.54, 1.807) is 36.4 Å². The minimum atomic E-state index is -0.468. The summed E-state index contributed by atoms with van der Waals surface area (Å²) in [6.45, 7) is 0. The number of carbonyl (C=O) groups excluding carboxylic acids is 1. The molecule has 1 aromatic heterocycles. The molecule has 0 saturated heterocycles. The standard InChI is InChI=1S/C21H12Cl2FN3O2S/c22-12-4-6-15(16(23)9-12)19(28)27-21(30)25-14-5-7-18-17(10-14)26-20(29-18)11-2-1-3-13(24)8-11/h1-10H,(H2,25,27,28,30). The first-order valence-corrected chi connectivity index (χ1v) is 9.79. The molecule has 5 nitrogen and oxygen atoms in total. The zero-order chi connectivity index (χ0) is 21.3. The third-order valence-corrected chi connectivity index (χ3v) is 4.87. The molecule has 0 saturated carbocycles. The van der Waals surface area contributed by atoms with E-state index in [2.05, 4.69) is 15.6 Å². The van der Waals surface area contributed by atoms with Crippen LogP contribution in [0.25, 0.3) is 22.6 Å². The van der Waals surface area contributed by atoms with Crippen molar-refractivity contribution in [3.8, 4) is 11.5 Å². The molecule has 0 aliphatic rings. The van der Waals surface area contributed by atoms with Crippen LogP contribution in [0, 0.1) is 5.82 Å². The molecule has 0 bridgehead atoms. The number of aromatic nitrogens is 1. The first-order valence-electron chi connectivity index (χ1n) is 8.63. The fourth-order valence-electron chi connectivity index (χ4n) is 2.76. The monoisotopic (exact) mass is 459 g/mol. The molecule has 9 heteroatoms. The molecular weight excluding hydrogens is 448 g/mol. The molecule has 1 amide bonds. The number of oxazole rings is 1. The van der Waals surface area contributed by atoms with E-state index >= 15 is 0 Å².